The molecule has 0 heterocycles. The van der Waals surface area contributed by atoms with Gasteiger partial charge in [0.2, 0.25) is 0 Å². The van der Waals surface area contributed by atoms with Gasteiger partial charge in [-0.15, -0.1) is 0 Å². The minimum atomic E-state index is -0.288. The number of hydrogen-bond acceptors (Lipinski definition) is 2. The third kappa shape index (κ3) is 3.51. The molecule has 0 saturated heterocycles. The highest BCUT2D eigenvalue weighted by atomic mass is 19.1. The molecule has 112 valence electrons. The Labute approximate surface area is 121 Å². The highest BCUT2D eigenvalue weighted by Crippen LogP contribution is 2.30. The fourth-order valence-corrected chi connectivity index (χ4v) is 3.28. The van der Waals surface area contributed by atoms with Crippen molar-refractivity contribution in [1.82, 2.24) is 5.32 Å². The van der Waals surface area contributed by atoms with Crippen LogP contribution in [-0.4, -0.2) is 13.2 Å². The monoisotopic (exact) mass is 279 g/mol. The summed E-state index contributed by atoms with van der Waals surface area (Å²) in [4.78, 5) is 0. The van der Waals surface area contributed by atoms with Gasteiger partial charge in [0.1, 0.15) is 0 Å². The average molecular weight is 279 g/mol. The van der Waals surface area contributed by atoms with Crippen molar-refractivity contribution in [3.05, 3.63) is 29.6 Å². The summed E-state index contributed by atoms with van der Waals surface area (Å²) >= 11 is 0. The molecule has 0 radical (unpaired) electrons. The maximum Gasteiger partial charge on any atom is 0.165 e. The van der Waals surface area contributed by atoms with E-state index in [1.165, 1.54) is 26.4 Å². The van der Waals surface area contributed by atoms with E-state index >= 15 is 0 Å². The number of rotatable bonds is 4. The van der Waals surface area contributed by atoms with Gasteiger partial charge in [-0.1, -0.05) is 19.9 Å². The number of ether oxygens (including phenoxy) is 1. The number of methoxy groups -OCH3 is 1. The van der Waals surface area contributed by atoms with E-state index in [4.69, 9.17) is 4.74 Å². The Morgan fingerprint density at radius 3 is 2.65 bits per heavy atom. The highest BCUT2D eigenvalue weighted by molar-refractivity contribution is 5.30. The molecule has 1 aromatic rings. The molecule has 2 rings (SSSR count). The van der Waals surface area contributed by atoms with Crippen molar-refractivity contribution >= 4 is 0 Å². The molecule has 1 saturated carbocycles. The van der Waals surface area contributed by atoms with Crippen LogP contribution < -0.4 is 10.1 Å². The van der Waals surface area contributed by atoms with E-state index in [0.717, 1.165) is 11.5 Å². The molecule has 20 heavy (non-hydrogen) atoms. The number of halogens is 1. The zero-order chi connectivity index (χ0) is 14.7. The van der Waals surface area contributed by atoms with E-state index < -0.39 is 0 Å². The van der Waals surface area contributed by atoms with Gasteiger partial charge in [0, 0.05) is 12.1 Å². The van der Waals surface area contributed by atoms with Crippen molar-refractivity contribution in [1.29, 1.82) is 0 Å². The molecule has 0 amide bonds. The molecule has 2 nitrogen and oxygen atoms in total. The van der Waals surface area contributed by atoms with Gasteiger partial charge >= 0.3 is 0 Å². The highest BCUT2D eigenvalue weighted by Gasteiger charge is 2.26. The second-order valence-electron chi connectivity index (χ2n) is 6.28. The van der Waals surface area contributed by atoms with Crippen LogP contribution in [0.15, 0.2) is 18.2 Å². The van der Waals surface area contributed by atoms with Crippen molar-refractivity contribution in [2.75, 3.05) is 7.11 Å². The summed E-state index contributed by atoms with van der Waals surface area (Å²) in [7, 11) is 1.49. The molecule has 0 aromatic heterocycles. The lowest BCUT2D eigenvalue weighted by Crippen LogP contribution is -2.40. The quantitative estimate of drug-likeness (QED) is 0.886. The van der Waals surface area contributed by atoms with Crippen molar-refractivity contribution in [3.63, 3.8) is 0 Å². The summed E-state index contributed by atoms with van der Waals surface area (Å²) in [5.74, 6) is 1.53. The maximum absolute atomic E-state index is 13.8. The fraction of sp³-hybridized carbons (Fsp3) is 0.647. The number of benzene rings is 1. The zero-order valence-corrected chi connectivity index (χ0v) is 12.9. The Kier molecular flexibility index (Phi) is 5.03. The summed E-state index contributed by atoms with van der Waals surface area (Å²) in [6.07, 6.45) is 3.78. The Bertz CT molecular complexity index is 449. The van der Waals surface area contributed by atoms with Gasteiger partial charge in [0.15, 0.2) is 11.6 Å². The van der Waals surface area contributed by atoms with Crippen molar-refractivity contribution in [2.24, 2.45) is 11.8 Å². The van der Waals surface area contributed by atoms with Crippen LogP contribution >= 0.6 is 0 Å². The van der Waals surface area contributed by atoms with Crippen LogP contribution in [0.2, 0.25) is 0 Å². The van der Waals surface area contributed by atoms with Crippen LogP contribution in [0.3, 0.4) is 0 Å². The van der Waals surface area contributed by atoms with E-state index in [0.29, 0.717) is 17.7 Å². The van der Waals surface area contributed by atoms with Crippen LogP contribution in [0.25, 0.3) is 0 Å². The molecular formula is C17H26FNO. The minimum absolute atomic E-state index is 0.163. The average Bonchev–Trinajstić information content (AvgIpc) is 2.41. The summed E-state index contributed by atoms with van der Waals surface area (Å²) in [5.41, 5.74) is 0.981. The van der Waals surface area contributed by atoms with E-state index in [1.807, 2.05) is 6.07 Å². The van der Waals surface area contributed by atoms with Gasteiger partial charge in [-0.2, -0.15) is 0 Å². The molecule has 0 spiro atoms. The molecule has 1 fully saturated rings. The van der Waals surface area contributed by atoms with E-state index in [-0.39, 0.29) is 11.9 Å². The SMILES string of the molecule is COc1ccc(C(C)NC2CCC(C)CC2C)cc1F. The van der Waals surface area contributed by atoms with Crippen molar-refractivity contribution < 1.29 is 9.13 Å². The van der Waals surface area contributed by atoms with Gasteiger partial charge in [0.05, 0.1) is 7.11 Å². The molecule has 4 atom stereocenters. The van der Waals surface area contributed by atoms with Gasteiger partial charge in [-0.3, -0.25) is 0 Å². The fourth-order valence-electron chi connectivity index (χ4n) is 3.28. The molecular weight excluding hydrogens is 253 g/mol. The minimum Gasteiger partial charge on any atom is -0.494 e. The summed E-state index contributed by atoms with van der Waals surface area (Å²) in [5, 5.41) is 3.66. The summed E-state index contributed by atoms with van der Waals surface area (Å²) < 4.78 is 18.7. The molecule has 1 aliphatic carbocycles. The van der Waals surface area contributed by atoms with E-state index in [1.54, 1.807) is 12.1 Å². The maximum atomic E-state index is 13.8. The van der Waals surface area contributed by atoms with Gasteiger partial charge in [0.25, 0.3) is 0 Å². The Hall–Kier alpha value is -1.09. The second kappa shape index (κ2) is 6.57. The predicted octanol–water partition coefficient (Wildman–Crippen LogP) is 4.31. The lowest BCUT2D eigenvalue weighted by molar-refractivity contribution is 0.216. The first-order chi connectivity index (χ1) is 9.51. The second-order valence-corrected chi connectivity index (χ2v) is 6.28. The molecule has 1 aromatic carbocycles. The lowest BCUT2D eigenvalue weighted by Gasteiger charge is -2.35. The predicted molar refractivity (Wildman–Crippen MR) is 80.5 cm³/mol. The third-order valence-electron chi connectivity index (χ3n) is 4.57. The topological polar surface area (TPSA) is 21.3 Å². The molecule has 1 N–H and O–H groups in total. The first kappa shape index (κ1) is 15.3. The molecule has 3 heteroatoms. The zero-order valence-electron chi connectivity index (χ0n) is 12.9. The first-order valence-electron chi connectivity index (χ1n) is 7.60. The normalized spacial score (nSPS) is 28.1. The van der Waals surface area contributed by atoms with E-state index in [2.05, 4.69) is 26.1 Å². The molecule has 4 unspecified atom stereocenters. The molecule has 1 aliphatic rings. The molecule has 0 bridgehead atoms. The summed E-state index contributed by atoms with van der Waals surface area (Å²) in [6, 6.07) is 5.92. The largest absolute Gasteiger partial charge is 0.494 e. The standard InChI is InChI=1S/C17H26FNO/c1-11-5-7-16(12(2)9-11)19-13(3)14-6-8-17(20-4)15(18)10-14/h6,8,10-13,16,19H,5,7,9H2,1-4H3. The summed E-state index contributed by atoms with van der Waals surface area (Å²) in [6.45, 7) is 6.75. The van der Waals surface area contributed by atoms with Crippen LogP contribution in [0.5, 0.6) is 5.75 Å². The van der Waals surface area contributed by atoms with Gasteiger partial charge in [-0.05, 0) is 55.7 Å². The van der Waals surface area contributed by atoms with E-state index in [9.17, 15) is 4.39 Å². The van der Waals surface area contributed by atoms with Crippen LogP contribution in [0, 0.1) is 17.7 Å². The Morgan fingerprint density at radius 1 is 1.30 bits per heavy atom. The molecule has 0 aliphatic heterocycles. The third-order valence-corrected chi connectivity index (χ3v) is 4.57. The van der Waals surface area contributed by atoms with Crippen molar-refractivity contribution in [3.8, 4) is 5.75 Å². The Balaban J connectivity index is 2.01. The van der Waals surface area contributed by atoms with Crippen molar-refractivity contribution in [2.45, 2.75) is 52.1 Å². The smallest absolute Gasteiger partial charge is 0.165 e. The number of nitrogens with one attached hydrogen (secondary N) is 1. The van der Waals surface area contributed by atoms with Crippen LogP contribution in [-0.2, 0) is 0 Å². The number of hydrogen-bond donors (Lipinski definition) is 1. The van der Waals surface area contributed by atoms with Gasteiger partial charge < -0.3 is 10.1 Å². The Morgan fingerprint density at radius 2 is 2.05 bits per heavy atom. The first-order valence-corrected chi connectivity index (χ1v) is 7.60. The van der Waals surface area contributed by atoms with Gasteiger partial charge in [-0.25, -0.2) is 4.39 Å². The lowest BCUT2D eigenvalue weighted by atomic mass is 9.79. The van der Waals surface area contributed by atoms with Crippen LogP contribution in [0.1, 0.15) is 51.6 Å². The van der Waals surface area contributed by atoms with Crippen LogP contribution in [0.4, 0.5) is 4.39 Å².